The van der Waals surface area contributed by atoms with Crippen LogP contribution < -0.4 is 16.0 Å². The summed E-state index contributed by atoms with van der Waals surface area (Å²) in [6.07, 6.45) is 4.40. The van der Waals surface area contributed by atoms with E-state index < -0.39 is 0 Å². The number of rotatable bonds is 8. The first-order chi connectivity index (χ1) is 12.5. The van der Waals surface area contributed by atoms with Crippen molar-refractivity contribution in [3.8, 4) is 0 Å². The Kier molecular flexibility index (Phi) is 9.39. The van der Waals surface area contributed by atoms with E-state index >= 15 is 0 Å². The Hall–Kier alpha value is -2.95. The fraction of sp³-hybridized carbons (Fsp3) is 0.286. The number of benzene rings is 1. The molecule has 5 nitrogen and oxygen atoms in total. The Morgan fingerprint density at radius 2 is 2.12 bits per heavy atom. The minimum atomic E-state index is 0.687. The quantitative estimate of drug-likeness (QED) is 0.543. The highest BCUT2D eigenvalue weighted by molar-refractivity contribution is 5.69. The van der Waals surface area contributed by atoms with Gasteiger partial charge in [-0.2, -0.15) is 0 Å². The summed E-state index contributed by atoms with van der Waals surface area (Å²) in [4.78, 5) is 6.35. The Bertz CT molecular complexity index is 686. The Labute approximate surface area is 157 Å². The number of nitrogens with one attached hydrogen (secondary N) is 1. The fourth-order valence-electron chi connectivity index (χ4n) is 2.20. The third-order valence-electron chi connectivity index (χ3n) is 3.70. The van der Waals surface area contributed by atoms with Gasteiger partial charge in [0.25, 0.3) is 0 Å². The summed E-state index contributed by atoms with van der Waals surface area (Å²) in [7, 11) is 3.86. The predicted molar refractivity (Wildman–Crippen MR) is 113 cm³/mol. The molecule has 0 atom stereocenters. The van der Waals surface area contributed by atoms with Gasteiger partial charge in [0.05, 0.1) is 23.7 Å². The van der Waals surface area contributed by atoms with Crippen LogP contribution in [0.25, 0.3) is 6.08 Å². The first-order valence-electron chi connectivity index (χ1n) is 8.64. The molecule has 0 unspecified atom stereocenters. The van der Waals surface area contributed by atoms with Crippen molar-refractivity contribution < 1.29 is 4.74 Å². The molecule has 0 fully saturated rings. The summed E-state index contributed by atoms with van der Waals surface area (Å²) >= 11 is 0. The van der Waals surface area contributed by atoms with Crippen molar-refractivity contribution in [3.63, 3.8) is 0 Å². The second-order valence-electron chi connectivity index (χ2n) is 5.63. The summed E-state index contributed by atoms with van der Waals surface area (Å²) in [5.74, 6) is 1.81. The van der Waals surface area contributed by atoms with Crippen LogP contribution in [0.1, 0.15) is 18.9 Å². The van der Waals surface area contributed by atoms with Crippen LogP contribution in [-0.2, 0) is 4.74 Å². The SMILES string of the molecule is C=C(CCN(C)c1ccccn1)OCC.C=Cc1ccc(NC)c(N)c1. The Morgan fingerprint density at radius 1 is 1.35 bits per heavy atom. The van der Waals surface area contributed by atoms with Gasteiger partial charge in [0, 0.05) is 33.3 Å². The molecule has 0 radical (unpaired) electrons. The smallest absolute Gasteiger partial charge is 0.128 e. The Balaban J connectivity index is 0.000000273. The number of nitrogens with two attached hydrogens (primary N) is 1. The molecule has 26 heavy (non-hydrogen) atoms. The number of nitrogens with zero attached hydrogens (tertiary/aromatic N) is 2. The van der Waals surface area contributed by atoms with Crippen molar-refractivity contribution in [2.45, 2.75) is 13.3 Å². The number of aromatic nitrogens is 1. The van der Waals surface area contributed by atoms with Gasteiger partial charge < -0.3 is 20.7 Å². The van der Waals surface area contributed by atoms with Crippen molar-refractivity contribution in [3.05, 3.63) is 67.1 Å². The average molecular weight is 354 g/mol. The molecule has 0 amide bonds. The lowest BCUT2D eigenvalue weighted by atomic mass is 10.2. The van der Waals surface area contributed by atoms with E-state index in [0.29, 0.717) is 6.61 Å². The van der Waals surface area contributed by atoms with E-state index in [4.69, 9.17) is 10.5 Å². The van der Waals surface area contributed by atoms with Gasteiger partial charge in [0.1, 0.15) is 5.82 Å². The molecule has 3 N–H and O–H groups in total. The normalized spacial score (nSPS) is 9.50. The van der Waals surface area contributed by atoms with Crippen molar-refractivity contribution in [1.82, 2.24) is 4.98 Å². The van der Waals surface area contributed by atoms with Crippen LogP contribution in [0.4, 0.5) is 17.2 Å². The standard InChI is InChI=1S/C12H18N2O.C9H12N2/c1-4-15-11(2)8-10-14(3)12-7-5-6-9-13-12;1-3-7-4-5-9(11-2)8(10)6-7/h5-7,9H,2,4,8,10H2,1,3H3;3-6,11H,1,10H2,2H3. The van der Waals surface area contributed by atoms with Crippen LogP contribution in [-0.4, -0.2) is 32.2 Å². The van der Waals surface area contributed by atoms with E-state index in [2.05, 4.69) is 28.4 Å². The number of pyridine rings is 1. The van der Waals surface area contributed by atoms with Gasteiger partial charge in [-0.3, -0.25) is 0 Å². The predicted octanol–water partition coefficient (Wildman–Crippen LogP) is 4.41. The molecule has 5 heteroatoms. The van der Waals surface area contributed by atoms with E-state index in [9.17, 15) is 0 Å². The Morgan fingerprint density at radius 3 is 2.65 bits per heavy atom. The minimum Gasteiger partial charge on any atom is -0.499 e. The summed E-state index contributed by atoms with van der Waals surface area (Å²) in [6, 6.07) is 11.7. The highest BCUT2D eigenvalue weighted by Crippen LogP contribution is 2.19. The lowest BCUT2D eigenvalue weighted by Gasteiger charge is -2.18. The van der Waals surface area contributed by atoms with Crippen molar-refractivity contribution >= 4 is 23.3 Å². The van der Waals surface area contributed by atoms with Crippen LogP contribution in [0.15, 0.2) is 61.5 Å². The van der Waals surface area contributed by atoms with Crippen molar-refractivity contribution in [2.24, 2.45) is 0 Å². The van der Waals surface area contributed by atoms with Crippen LogP contribution >= 0.6 is 0 Å². The number of nitrogen functional groups attached to an aromatic ring is 1. The van der Waals surface area contributed by atoms with Gasteiger partial charge in [0.2, 0.25) is 0 Å². The number of anilines is 3. The number of hydrogen-bond donors (Lipinski definition) is 2. The topological polar surface area (TPSA) is 63.4 Å². The summed E-state index contributed by atoms with van der Waals surface area (Å²) in [6.45, 7) is 11.0. The van der Waals surface area contributed by atoms with Crippen molar-refractivity contribution in [1.29, 1.82) is 0 Å². The summed E-state index contributed by atoms with van der Waals surface area (Å²) < 4.78 is 5.29. The van der Waals surface area contributed by atoms with E-state index in [1.807, 2.05) is 57.4 Å². The molecular weight excluding hydrogens is 324 g/mol. The molecule has 0 saturated heterocycles. The third kappa shape index (κ3) is 7.30. The minimum absolute atomic E-state index is 0.687. The van der Waals surface area contributed by atoms with Gasteiger partial charge >= 0.3 is 0 Å². The van der Waals surface area contributed by atoms with Crippen LogP contribution in [0, 0.1) is 0 Å². The number of hydrogen-bond acceptors (Lipinski definition) is 5. The molecule has 0 aliphatic rings. The highest BCUT2D eigenvalue weighted by Gasteiger charge is 2.02. The second kappa shape index (κ2) is 11.6. The number of ether oxygens (including phenoxy) is 1. The van der Waals surface area contributed by atoms with Crippen LogP contribution in [0.3, 0.4) is 0 Å². The molecule has 2 rings (SSSR count). The lowest BCUT2D eigenvalue weighted by molar-refractivity contribution is 0.221. The molecule has 0 aliphatic heterocycles. The molecule has 1 aromatic carbocycles. The van der Waals surface area contributed by atoms with Gasteiger partial charge in [-0.05, 0) is 36.8 Å². The summed E-state index contributed by atoms with van der Waals surface area (Å²) in [5, 5.41) is 2.99. The zero-order valence-corrected chi connectivity index (χ0v) is 16.0. The molecule has 2 aromatic rings. The van der Waals surface area contributed by atoms with Gasteiger partial charge in [-0.15, -0.1) is 0 Å². The zero-order chi connectivity index (χ0) is 19.4. The second-order valence-corrected chi connectivity index (χ2v) is 5.63. The summed E-state index contributed by atoms with van der Waals surface area (Å²) in [5.41, 5.74) is 8.45. The van der Waals surface area contributed by atoms with Crippen molar-refractivity contribution in [2.75, 3.05) is 43.2 Å². The fourth-order valence-corrected chi connectivity index (χ4v) is 2.20. The first-order valence-corrected chi connectivity index (χ1v) is 8.64. The molecule has 1 aromatic heterocycles. The van der Waals surface area contributed by atoms with Crippen LogP contribution in [0.2, 0.25) is 0 Å². The van der Waals surface area contributed by atoms with E-state index in [1.54, 1.807) is 12.3 Å². The molecule has 0 aliphatic carbocycles. The lowest BCUT2D eigenvalue weighted by Crippen LogP contribution is -2.20. The van der Waals surface area contributed by atoms with Gasteiger partial charge in [-0.1, -0.05) is 31.4 Å². The average Bonchev–Trinajstić information content (AvgIpc) is 2.67. The maximum absolute atomic E-state index is 5.70. The molecule has 0 spiro atoms. The van der Waals surface area contributed by atoms with Crippen LogP contribution in [0.5, 0.6) is 0 Å². The van der Waals surface area contributed by atoms with Gasteiger partial charge in [-0.25, -0.2) is 4.98 Å². The first kappa shape index (κ1) is 21.1. The molecule has 0 saturated carbocycles. The zero-order valence-electron chi connectivity index (χ0n) is 16.0. The largest absolute Gasteiger partial charge is 0.499 e. The maximum Gasteiger partial charge on any atom is 0.128 e. The van der Waals surface area contributed by atoms with E-state index in [-0.39, 0.29) is 0 Å². The molecule has 1 heterocycles. The van der Waals surface area contributed by atoms with Gasteiger partial charge in [0.15, 0.2) is 0 Å². The molecular formula is C21H30N4O. The molecule has 0 bridgehead atoms. The van der Waals surface area contributed by atoms with E-state index in [1.165, 1.54) is 0 Å². The molecule has 140 valence electrons. The highest BCUT2D eigenvalue weighted by atomic mass is 16.5. The van der Waals surface area contributed by atoms with E-state index in [0.717, 1.165) is 41.5 Å². The monoisotopic (exact) mass is 354 g/mol. The maximum atomic E-state index is 5.70. The third-order valence-corrected chi connectivity index (χ3v) is 3.70.